The van der Waals surface area contributed by atoms with E-state index in [0.29, 0.717) is 12.3 Å². The summed E-state index contributed by atoms with van der Waals surface area (Å²) < 4.78 is 11.4. The van der Waals surface area contributed by atoms with Gasteiger partial charge in [0, 0.05) is 13.2 Å². The third-order valence-electron chi connectivity index (χ3n) is 2.40. The van der Waals surface area contributed by atoms with Crippen molar-refractivity contribution < 1.29 is 19.4 Å². The van der Waals surface area contributed by atoms with Crippen LogP contribution >= 0.6 is 0 Å². The van der Waals surface area contributed by atoms with Gasteiger partial charge in [0.25, 0.3) is 0 Å². The van der Waals surface area contributed by atoms with E-state index >= 15 is 0 Å². The lowest BCUT2D eigenvalue weighted by Gasteiger charge is -2.11. The van der Waals surface area contributed by atoms with Crippen molar-refractivity contribution in [3.8, 4) is 0 Å². The third-order valence-corrected chi connectivity index (χ3v) is 2.40. The molecule has 19 heavy (non-hydrogen) atoms. The second-order valence-corrected chi connectivity index (χ2v) is 3.80. The molecule has 1 unspecified atom stereocenters. The molecule has 0 aromatic carbocycles. The summed E-state index contributed by atoms with van der Waals surface area (Å²) in [5.74, 6) is -0.562. The van der Waals surface area contributed by atoms with Crippen molar-refractivity contribution in [1.29, 1.82) is 0 Å². The molecule has 8 nitrogen and oxygen atoms in total. The van der Waals surface area contributed by atoms with E-state index in [1.54, 1.807) is 6.92 Å². The van der Waals surface area contributed by atoms with Crippen molar-refractivity contribution in [2.45, 2.75) is 33.0 Å². The van der Waals surface area contributed by atoms with Crippen LogP contribution in [0.25, 0.3) is 0 Å². The van der Waals surface area contributed by atoms with Crippen LogP contribution in [0.1, 0.15) is 30.0 Å². The van der Waals surface area contributed by atoms with E-state index in [-0.39, 0.29) is 32.0 Å². The summed E-state index contributed by atoms with van der Waals surface area (Å²) in [6.45, 7) is 4.76. The molecule has 0 fully saturated rings. The van der Waals surface area contributed by atoms with Crippen LogP contribution in [0.5, 0.6) is 0 Å². The number of aliphatic hydroxyl groups excluding tert-OH is 1. The number of hydrogen-bond donors (Lipinski definition) is 2. The van der Waals surface area contributed by atoms with E-state index in [4.69, 9.17) is 15.2 Å². The summed E-state index contributed by atoms with van der Waals surface area (Å²) in [6, 6.07) is 0. The Morgan fingerprint density at radius 1 is 1.47 bits per heavy atom. The van der Waals surface area contributed by atoms with Crippen LogP contribution < -0.4 is 5.73 Å². The lowest BCUT2D eigenvalue weighted by Crippen LogP contribution is -2.25. The molecule has 0 radical (unpaired) electrons. The SMILES string of the molecule is CCOCC(O)Cn1nnc(C(=O)OCC)c1CN. The largest absolute Gasteiger partial charge is 0.461 e. The highest BCUT2D eigenvalue weighted by Gasteiger charge is 2.20. The minimum Gasteiger partial charge on any atom is -0.461 e. The summed E-state index contributed by atoms with van der Waals surface area (Å²) in [6.07, 6.45) is -0.734. The molecule has 0 aliphatic heterocycles. The number of aliphatic hydroxyl groups is 1. The summed E-state index contributed by atoms with van der Waals surface area (Å²) in [4.78, 5) is 11.6. The minimum absolute atomic E-state index is 0.0858. The maximum atomic E-state index is 11.6. The van der Waals surface area contributed by atoms with E-state index in [9.17, 15) is 9.90 Å². The molecule has 0 aliphatic carbocycles. The van der Waals surface area contributed by atoms with Gasteiger partial charge in [-0.1, -0.05) is 5.21 Å². The minimum atomic E-state index is -0.734. The molecular formula is C11H20N4O4. The van der Waals surface area contributed by atoms with E-state index in [0.717, 1.165) is 0 Å². The van der Waals surface area contributed by atoms with Gasteiger partial charge in [-0.25, -0.2) is 9.48 Å². The normalized spacial score (nSPS) is 12.4. The van der Waals surface area contributed by atoms with E-state index in [1.807, 2.05) is 6.92 Å². The third kappa shape index (κ3) is 4.27. The fraction of sp³-hybridized carbons (Fsp3) is 0.727. The van der Waals surface area contributed by atoms with E-state index in [2.05, 4.69) is 10.3 Å². The predicted molar refractivity (Wildman–Crippen MR) is 66.4 cm³/mol. The number of hydrogen-bond acceptors (Lipinski definition) is 7. The molecule has 0 aliphatic rings. The standard InChI is InChI=1S/C11H20N4O4/c1-3-18-7-8(16)6-15-9(5-12)10(13-14-15)11(17)19-4-2/h8,16H,3-7,12H2,1-2H3. The summed E-state index contributed by atoms with van der Waals surface area (Å²) >= 11 is 0. The molecule has 0 amide bonds. The van der Waals surface area contributed by atoms with Crippen LogP contribution in [0, 0.1) is 0 Å². The maximum Gasteiger partial charge on any atom is 0.360 e. The highest BCUT2D eigenvalue weighted by molar-refractivity contribution is 5.88. The molecule has 1 heterocycles. The molecule has 1 aromatic heterocycles. The van der Waals surface area contributed by atoms with Crippen molar-refractivity contribution in [3.63, 3.8) is 0 Å². The summed E-state index contributed by atoms with van der Waals surface area (Å²) in [7, 11) is 0. The fourth-order valence-corrected chi connectivity index (χ4v) is 1.55. The van der Waals surface area contributed by atoms with Crippen LogP contribution in [0.15, 0.2) is 0 Å². The average molecular weight is 272 g/mol. The quantitative estimate of drug-likeness (QED) is 0.602. The first-order valence-corrected chi connectivity index (χ1v) is 6.19. The van der Waals surface area contributed by atoms with Gasteiger partial charge in [0.15, 0.2) is 5.69 Å². The zero-order chi connectivity index (χ0) is 14.3. The van der Waals surface area contributed by atoms with Gasteiger partial charge in [-0.3, -0.25) is 0 Å². The Balaban J connectivity index is 2.76. The number of nitrogens with two attached hydrogens (primary N) is 1. The molecule has 1 aromatic rings. The molecule has 1 rings (SSSR count). The topological polar surface area (TPSA) is 112 Å². The highest BCUT2D eigenvalue weighted by atomic mass is 16.5. The number of carbonyl (C=O) groups is 1. The molecule has 108 valence electrons. The van der Waals surface area contributed by atoms with Gasteiger partial charge in [-0.05, 0) is 13.8 Å². The van der Waals surface area contributed by atoms with E-state index < -0.39 is 12.1 Å². The van der Waals surface area contributed by atoms with Crippen LogP contribution in [0.4, 0.5) is 0 Å². The van der Waals surface area contributed by atoms with Gasteiger partial charge < -0.3 is 20.3 Å². The van der Waals surface area contributed by atoms with Crippen molar-refractivity contribution >= 4 is 5.97 Å². The molecule has 3 N–H and O–H groups in total. The van der Waals surface area contributed by atoms with E-state index in [1.165, 1.54) is 4.68 Å². The van der Waals surface area contributed by atoms with Gasteiger partial charge in [-0.2, -0.15) is 0 Å². The first-order valence-electron chi connectivity index (χ1n) is 6.19. The first-order chi connectivity index (χ1) is 9.13. The zero-order valence-corrected chi connectivity index (χ0v) is 11.2. The van der Waals surface area contributed by atoms with Crippen LogP contribution in [0.2, 0.25) is 0 Å². The molecule has 1 atom stereocenters. The van der Waals surface area contributed by atoms with Gasteiger partial charge in [0.1, 0.15) is 0 Å². The molecule has 0 spiro atoms. The average Bonchev–Trinajstić information content (AvgIpc) is 2.79. The highest BCUT2D eigenvalue weighted by Crippen LogP contribution is 2.07. The molecule has 8 heteroatoms. The Hall–Kier alpha value is -1.51. The summed E-state index contributed by atoms with van der Waals surface area (Å²) in [5.41, 5.74) is 6.11. The number of esters is 1. The Morgan fingerprint density at radius 3 is 2.79 bits per heavy atom. The lowest BCUT2D eigenvalue weighted by molar-refractivity contribution is 0.0308. The monoisotopic (exact) mass is 272 g/mol. The smallest absolute Gasteiger partial charge is 0.360 e. The Morgan fingerprint density at radius 2 is 2.21 bits per heavy atom. The summed E-state index contributed by atoms with van der Waals surface area (Å²) in [5, 5.41) is 17.3. The fourth-order valence-electron chi connectivity index (χ4n) is 1.55. The van der Waals surface area contributed by atoms with Crippen LogP contribution in [-0.2, 0) is 22.6 Å². The number of rotatable bonds is 8. The van der Waals surface area contributed by atoms with Gasteiger partial charge >= 0.3 is 5.97 Å². The van der Waals surface area contributed by atoms with Crippen LogP contribution in [-0.4, -0.2) is 52.0 Å². The number of aromatic nitrogens is 3. The molecular weight excluding hydrogens is 252 g/mol. The van der Waals surface area contributed by atoms with Crippen molar-refractivity contribution in [2.75, 3.05) is 19.8 Å². The van der Waals surface area contributed by atoms with Crippen molar-refractivity contribution in [2.24, 2.45) is 5.73 Å². The molecule has 0 saturated heterocycles. The van der Waals surface area contributed by atoms with Crippen molar-refractivity contribution in [1.82, 2.24) is 15.0 Å². The maximum absolute atomic E-state index is 11.6. The Kier molecular flexibility index (Phi) is 6.40. The predicted octanol–water partition coefficient (Wildman–Crippen LogP) is -0.689. The molecule has 0 bridgehead atoms. The van der Waals surface area contributed by atoms with Gasteiger partial charge in [0.05, 0.1) is 31.6 Å². The second-order valence-electron chi connectivity index (χ2n) is 3.80. The van der Waals surface area contributed by atoms with Crippen molar-refractivity contribution in [3.05, 3.63) is 11.4 Å². The van der Waals surface area contributed by atoms with Gasteiger partial charge in [0.2, 0.25) is 0 Å². The Labute approximate surface area is 111 Å². The Bertz CT molecular complexity index is 407. The first kappa shape index (κ1) is 15.5. The molecule has 0 saturated carbocycles. The zero-order valence-electron chi connectivity index (χ0n) is 11.2. The number of carbonyl (C=O) groups excluding carboxylic acids is 1. The van der Waals surface area contributed by atoms with Crippen LogP contribution in [0.3, 0.4) is 0 Å². The lowest BCUT2D eigenvalue weighted by atomic mass is 10.3. The second kappa shape index (κ2) is 7.82. The van der Waals surface area contributed by atoms with Gasteiger partial charge in [-0.15, -0.1) is 5.10 Å². The number of nitrogens with zero attached hydrogens (tertiary/aromatic N) is 3. The number of ether oxygens (including phenoxy) is 2.